The van der Waals surface area contributed by atoms with Crippen molar-refractivity contribution in [1.29, 1.82) is 0 Å². The van der Waals surface area contributed by atoms with Gasteiger partial charge in [0.1, 0.15) is 6.10 Å². The zero-order valence-corrected chi connectivity index (χ0v) is 14.4. The van der Waals surface area contributed by atoms with Gasteiger partial charge in [-0.2, -0.15) is 0 Å². The molecule has 2 N–H and O–H groups in total. The van der Waals surface area contributed by atoms with E-state index in [-0.39, 0.29) is 18.1 Å². The van der Waals surface area contributed by atoms with Crippen molar-refractivity contribution in [2.24, 2.45) is 5.73 Å². The Morgan fingerprint density at radius 3 is 2.36 bits per heavy atom. The lowest BCUT2D eigenvalue weighted by Crippen LogP contribution is -2.48. The SMILES string of the molecule is Cc1ccccc1C1CN(C(=O)c2ccc(C(N)=O)cc2)C(C)CO1. The minimum absolute atomic E-state index is 0.0106. The molecule has 1 aliphatic heterocycles. The fraction of sp³-hybridized carbons (Fsp3) is 0.300. The minimum atomic E-state index is -0.502. The second-order valence-electron chi connectivity index (χ2n) is 6.43. The van der Waals surface area contributed by atoms with Gasteiger partial charge < -0.3 is 15.4 Å². The molecule has 0 aliphatic carbocycles. The summed E-state index contributed by atoms with van der Waals surface area (Å²) in [6.45, 7) is 5.02. The number of hydrogen-bond acceptors (Lipinski definition) is 3. The highest BCUT2D eigenvalue weighted by molar-refractivity contribution is 5.97. The molecular formula is C20H22N2O3. The van der Waals surface area contributed by atoms with Gasteiger partial charge in [-0.15, -0.1) is 0 Å². The summed E-state index contributed by atoms with van der Waals surface area (Å²) in [5.41, 5.74) is 8.45. The number of benzene rings is 2. The smallest absolute Gasteiger partial charge is 0.254 e. The van der Waals surface area contributed by atoms with Crippen LogP contribution in [0.2, 0.25) is 0 Å². The van der Waals surface area contributed by atoms with Crippen LogP contribution in [0.1, 0.15) is 44.9 Å². The van der Waals surface area contributed by atoms with Gasteiger partial charge in [-0.3, -0.25) is 9.59 Å². The summed E-state index contributed by atoms with van der Waals surface area (Å²) in [5.74, 6) is -0.566. The van der Waals surface area contributed by atoms with E-state index in [0.29, 0.717) is 24.3 Å². The molecule has 0 aromatic heterocycles. The Kier molecular flexibility index (Phi) is 4.86. The van der Waals surface area contributed by atoms with Crippen LogP contribution in [-0.2, 0) is 4.74 Å². The third kappa shape index (κ3) is 3.56. The molecule has 2 aromatic rings. The third-order valence-electron chi connectivity index (χ3n) is 4.65. The monoisotopic (exact) mass is 338 g/mol. The van der Waals surface area contributed by atoms with Crippen molar-refractivity contribution in [3.8, 4) is 0 Å². The maximum atomic E-state index is 12.9. The Bertz CT molecular complexity index is 786. The van der Waals surface area contributed by atoms with Crippen molar-refractivity contribution in [1.82, 2.24) is 4.90 Å². The standard InChI is InChI=1S/C20H22N2O3/c1-13-5-3-4-6-17(13)18-11-22(14(2)12-25-18)20(24)16-9-7-15(8-10-16)19(21)23/h3-10,14,18H,11-12H2,1-2H3,(H2,21,23). The number of ether oxygens (including phenoxy) is 1. The second-order valence-corrected chi connectivity index (χ2v) is 6.43. The molecule has 2 amide bonds. The molecule has 0 radical (unpaired) electrons. The van der Waals surface area contributed by atoms with Gasteiger partial charge in [0.2, 0.25) is 5.91 Å². The average molecular weight is 338 g/mol. The van der Waals surface area contributed by atoms with Gasteiger partial charge in [-0.05, 0) is 49.2 Å². The quantitative estimate of drug-likeness (QED) is 0.935. The Morgan fingerprint density at radius 1 is 1.08 bits per heavy atom. The lowest BCUT2D eigenvalue weighted by Gasteiger charge is -2.38. The predicted octanol–water partition coefficient (Wildman–Crippen LogP) is 2.70. The van der Waals surface area contributed by atoms with E-state index in [0.717, 1.165) is 11.1 Å². The first-order valence-corrected chi connectivity index (χ1v) is 8.35. The molecule has 2 atom stereocenters. The first-order valence-electron chi connectivity index (χ1n) is 8.35. The van der Waals surface area contributed by atoms with Gasteiger partial charge in [0, 0.05) is 11.1 Å². The number of amides is 2. The summed E-state index contributed by atoms with van der Waals surface area (Å²) < 4.78 is 5.97. The largest absolute Gasteiger partial charge is 0.370 e. The first kappa shape index (κ1) is 17.2. The van der Waals surface area contributed by atoms with Crippen LogP contribution in [-0.4, -0.2) is 35.9 Å². The van der Waals surface area contributed by atoms with Gasteiger partial charge >= 0.3 is 0 Å². The molecule has 0 spiro atoms. The molecule has 5 nitrogen and oxygen atoms in total. The number of rotatable bonds is 3. The number of nitrogens with zero attached hydrogens (tertiary/aromatic N) is 1. The van der Waals surface area contributed by atoms with E-state index in [1.165, 1.54) is 0 Å². The second kappa shape index (κ2) is 7.07. The van der Waals surface area contributed by atoms with E-state index in [9.17, 15) is 9.59 Å². The Balaban J connectivity index is 1.81. The summed E-state index contributed by atoms with van der Waals surface area (Å²) in [4.78, 5) is 25.9. The Hall–Kier alpha value is -2.66. The zero-order valence-electron chi connectivity index (χ0n) is 14.4. The third-order valence-corrected chi connectivity index (χ3v) is 4.65. The highest BCUT2D eigenvalue weighted by atomic mass is 16.5. The first-order chi connectivity index (χ1) is 12.0. The van der Waals surface area contributed by atoms with E-state index in [2.05, 4.69) is 0 Å². The number of morpholine rings is 1. The maximum absolute atomic E-state index is 12.9. The molecule has 1 fully saturated rings. The van der Waals surface area contributed by atoms with Crippen molar-refractivity contribution >= 4 is 11.8 Å². The van der Waals surface area contributed by atoms with Crippen LogP contribution in [0.25, 0.3) is 0 Å². The number of aryl methyl sites for hydroxylation is 1. The van der Waals surface area contributed by atoms with Crippen molar-refractivity contribution < 1.29 is 14.3 Å². The van der Waals surface area contributed by atoms with Gasteiger partial charge in [0.05, 0.1) is 19.2 Å². The fourth-order valence-corrected chi connectivity index (χ4v) is 3.12. The molecule has 2 aromatic carbocycles. The molecule has 25 heavy (non-hydrogen) atoms. The maximum Gasteiger partial charge on any atom is 0.254 e. The Morgan fingerprint density at radius 2 is 1.72 bits per heavy atom. The lowest BCUT2D eigenvalue weighted by molar-refractivity contribution is -0.0489. The molecule has 3 rings (SSSR count). The zero-order chi connectivity index (χ0) is 18.0. The summed E-state index contributed by atoms with van der Waals surface area (Å²) in [5, 5.41) is 0. The average Bonchev–Trinajstić information content (AvgIpc) is 2.62. The molecule has 1 saturated heterocycles. The normalized spacial score (nSPS) is 20.3. The van der Waals surface area contributed by atoms with Crippen molar-refractivity contribution in [2.75, 3.05) is 13.2 Å². The van der Waals surface area contributed by atoms with Gasteiger partial charge in [0.15, 0.2) is 0 Å². The van der Waals surface area contributed by atoms with E-state index in [1.54, 1.807) is 24.3 Å². The molecule has 1 aliphatic rings. The van der Waals surface area contributed by atoms with Crippen LogP contribution in [0.15, 0.2) is 48.5 Å². The van der Waals surface area contributed by atoms with Crippen molar-refractivity contribution in [2.45, 2.75) is 26.0 Å². The molecule has 130 valence electrons. The van der Waals surface area contributed by atoms with Crippen LogP contribution < -0.4 is 5.73 Å². The molecule has 1 heterocycles. The number of hydrogen-bond donors (Lipinski definition) is 1. The van der Waals surface area contributed by atoms with Crippen molar-refractivity contribution in [3.05, 3.63) is 70.8 Å². The fourth-order valence-electron chi connectivity index (χ4n) is 3.12. The van der Waals surface area contributed by atoms with Crippen molar-refractivity contribution in [3.63, 3.8) is 0 Å². The molecule has 0 saturated carbocycles. The molecular weight excluding hydrogens is 316 g/mol. The summed E-state index contributed by atoms with van der Waals surface area (Å²) >= 11 is 0. The van der Waals surface area contributed by atoms with Gasteiger partial charge in [0.25, 0.3) is 5.91 Å². The van der Waals surface area contributed by atoms with Gasteiger partial charge in [-0.1, -0.05) is 24.3 Å². The van der Waals surface area contributed by atoms with E-state index < -0.39 is 5.91 Å². The molecule has 5 heteroatoms. The molecule has 0 bridgehead atoms. The van der Waals surface area contributed by atoms with E-state index in [1.807, 2.05) is 43.0 Å². The van der Waals surface area contributed by atoms with Crippen LogP contribution in [0.5, 0.6) is 0 Å². The highest BCUT2D eigenvalue weighted by Gasteiger charge is 2.31. The van der Waals surface area contributed by atoms with Gasteiger partial charge in [-0.25, -0.2) is 0 Å². The minimum Gasteiger partial charge on any atom is -0.370 e. The number of carbonyl (C=O) groups is 2. The molecule has 2 unspecified atom stereocenters. The summed E-state index contributed by atoms with van der Waals surface area (Å²) in [7, 11) is 0. The number of primary amides is 1. The van der Waals surface area contributed by atoms with Crippen LogP contribution in [0.3, 0.4) is 0 Å². The highest BCUT2D eigenvalue weighted by Crippen LogP contribution is 2.28. The van der Waals surface area contributed by atoms with E-state index in [4.69, 9.17) is 10.5 Å². The van der Waals surface area contributed by atoms with E-state index >= 15 is 0 Å². The Labute approximate surface area is 147 Å². The summed E-state index contributed by atoms with van der Waals surface area (Å²) in [6, 6.07) is 14.5. The topological polar surface area (TPSA) is 72.6 Å². The van der Waals surface area contributed by atoms with Crippen LogP contribution >= 0.6 is 0 Å². The lowest BCUT2D eigenvalue weighted by atomic mass is 10.0. The van der Waals surface area contributed by atoms with Crippen LogP contribution in [0.4, 0.5) is 0 Å². The number of carbonyl (C=O) groups excluding carboxylic acids is 2. The number of nitrogens with two attached hydrogens (primary N) is 1. The van der Waals surface area contributed by atoms with Crippen LogP contribution in [0, 0.1) is 6.92 Å². The summed E-state index contributed by atoms with van der Waals surface area (Å²) in [6.07, 6.45) is -0.133. The predicted molar refractivity (Wildman–Crippen MR) is 95.3 cm³/mol.